The molecule has 0 bridgehead atoms. The number of methoxy groups -OCH3 is 1. The quantitative estimate of drug-likeness (QED) is 0.740. The van der Waals surface area contributed by atoms with Crippen LogP contribution in [-0.4, -0.2) is 50.3 Å². The van der Waals surface area contributed by atoms with E-state index in [1.54, 1.807) is 7.11 Å². The zero-order valence-corrected chi connectivity index (χ0v) is 12.3. The summed E-state index contributed by atoms with van der Waals surface area (Å²) in [4.78, 5) is 2.59. The lowest BCUT2D eigenvalue weighted by Gasteiger charge is -2.35. The van der Waals surface area contributed by atoms with Crippen LogP contribution >= 0.6 is 0 Å². The lowest BCUT2D eigenvalue weighted by molar-refractivity contribution is -0.0163. The molecular weight excluding hydrogens is 212 g/mol. The third kappa shape index (κ3) is 4.23. The zero-order valence-electron chi connectivity index (χ0n) is 12.3. The van der Waals surface area contributed by atoms with E-state index < -0.39 is 0 Å². The molecule has 0 radical (unpaired) electrons. The van der Waals surface area contributed by atoms with Crippen molar-refractivity contribution in [3.63, 3.8) is 0 Å². The van der Waals surface area contributed by atoms with Gasteiger partial charge < -0.3 is 15.0 Å². The third-order valence-electron chi connectivity index (χ3n) is 4.22. The van der Waals surface area contributed by atoms with Gasteiger partial charge >= 0.3 is 0 Å². The van der Waals surface area contributed by atoms with Crippen molar-refractivity contribution >= 4 is 0 Å². The first-order valence-electron chi connectivity index (χ1n) is 6.98. The number of likely N-dealkylation sites (N-methyl/N-ethyl adjacent to an activating group) is 1. The summed E-state index contributed by atoms with van der Waals surface area (Å²) in [6.07, 6.45) is 4.07. The van der Waals surface area contributed by atoms with Gasteiger partial charge in [-0.1, -0.05) is 13.3 Å². The van der Waals surface area contributed by atoms with E-state index in [1.165, 1.54) is 32.4 Å². The van der Waals surface area contributed by atoms with Crippen LogP contribution in [0, 0.1) is 5.92 Å². The molecule has 0 amide bonds. The second-order valence-electron chi connectivity index (χ2n) is 5.85. The summed E-state index contributed by atoms with van der Waals surface area (Å²) in [5, 5.41) is 3.40. The highest BCUT2D eigenvalue weighted by Gasteiger charge is 2.31. The lowest BCUT2D eigenvalue weighted by Crippen LogP contribution is -2.52. The van der Waals surface area contributed by atoms with Crippen LogP contribution in [0.2, 0.25) is 0 Å². The lowest BCUT2D eigenvalue weighted by atomic mass is 9.98. The molecule has 0 saturated carbocycles. The summed E-state index contributed by atoms with van der Waals surface area (Å²) in [6.45, 7) is 10.2. The molecular formula is C14H30N2O. The van der Waals surface area contributed by atoms with E-state index in [2.05, 4.69) is 31.0 Å². The van der Waals surface area contributed by atoms with Crippen molar-refractivity contribution < 1.29 is 4.74 Å². The Labute approximate surface area is 107 Å². The van der Waals surface area contributed by atoms with Crippen molar-refractivity contribution in [1.82, 2.24) is 10.2 Å². The molecule has 3 heteroatoms. The van der Waals surface area contributed by atoms with E-state index in [-0.39, 0.29) is 5.60 Å². The molecule has 1 fully saturated rings. The molecule has 1 aliphatic rings. The smallest absolute Gasteiger partial charge is 0.0787 e. The molecule has 102 valence electrons. The molecule has 1 rings (SSSR count). The second-order valence-corrected chi connectivity index (χ2v) is 5.85. The molecule has 1 heterocycles. The van der Waals surface area contributed by atoms with Gasteiger partial charge in [0, 0.05) is 26.2 Å². The van der Waals surface area contributed by atoms with Gasteiger partial charge in [0.2, 0.25) is 0 Å². The highest BCUT2D eigenvalue weighted by atomic mass is 16.5. The van der Waals surface area contributed by atoms with E-state index in [0.29, 0.717) is 6.04 Å². The fourth-order valence-corrected chi connectivity index (χ4v) is 2.78. The molecule has 0 spiro atoms. The molecule has 1 saturated heterocycles. The van der Waals surface area contributed by atoms with E-state index in [4.69, 9.17) is 4.74 Å². The van der Waals surface area contributed by atoms with Gasteiger partial charge in [0.1, 0.15) is 0 Å². The van der Waals surface area contributed by atoms with E-state index in [1.807, 2.05) is 7.05 Å². The van der Waals surface area contributed by atoms with Gasteiger partial charge in [0.05, 0.1) is 5.60 Å². The maximum Gasteiger partial charge on any atom is 0.0787 e. The fraction of sp³-hybridized carbons (Fsp3) is 1.00. The monoisotopic (exact) mass is 242 g/mol. The summed E-state index contributed by atoms with van der Waals surface area (Å²) in [5.74, 6) is 0.920. The number of ether oxygens (including phenoxy) is 1. The van der Waals surface area contributed by atoms with Crippen LogP contribution in [0.5, 0.6) is 0 Å². The minimum atomic E-state index is -0.0996. The standard InChI is InChI=1S/C14H30N2O/c1-6-7-12-8-9-16(10-12)11-13(15-4)14(2,3)17-5/h12-13,15H,6-11H2,1-5H3. The molecule has 3 nitrogen and oxygen atoms in total. The van der Waals surface area contributed by atoms with Crippen molar-refractivity contribution in [3.05, 3.63) is 0 Å². The molecule has 1 aliphatic heterocycles. The Morgan fingerprint density at radius 3 is 2.71 bits per heavy atom. The summed E-state index contributed by atoms with van der Waals surface area (Å²) in [7, 11) is 3.83. The molecule has 2 unspecified atom stereocenters. The Morgan fingerprint density at radius 2 is 2.18 bits per heavy atom. The van der Waals surface area contributed by atoms with Crippen LogP contribution in [0.25, 0.3) is 0 Å². The molecule has 2 atom stereocenters. The fourth-order valence-electron chi connectivity index (χ4n) is 2.78. The molecule has 0 aromatic heterocycles. The molecule has 0 aromatic rings. The number of hydrogen-bond acceptors (Lipinski definition) is 3. The number of nitrogens with one attached hydrogen (secondary N) is 1. The zero-order chi connectivity index (χ0) is 12.9. The Morgan fingerprint density at radius 1 is 1.47 bits per heavy atom. The summed E-state index contributed by atoms with van der Waals surface area (Å²) < 4.78 is 5.59. The number of rotatable bonds is 7. The van der Waals surface area contributed by atoms with Gasteiger partial charge in [-0.2, -0.15) is 0 Å². The Balaban J connectivity index is 2.42. The van der Waals surface area contributed by atoms with Gasteiger partial charge in [0.15, 0.2) is 0 Å². The van der Waals surface area contributed by atoms with Crippen molar-refractivity contribution in [2.24, 2.45) is 5.92 Å². The number of likely N-dealkylation sites (tertiary alicyclic amines) is 1. The van der Waals surface area contributed by atoms with Crippen LogP contribution in [0.1, 0.15) is 40.0 Å². The summed E-state index contributed by atoms with van der Waals surface area (Å²) >= 11 is 0. The number of nitrogens with zero attached hydrogens (tertiary/aromatic N) is 1. The van der Waals surface area contributed by atoms with Crippen LogP contribution in [0.15, 0.2) is 0 Å². The normalized spacial score (nSPS) is 24.2. The van der Waals surface area contributed by atoms with Crippen LogP contribution in [-0.2, 0) is 4.74 Å². The van der Waals surface area contributed by atoms with Crippen LogP contribution in [0.3, 0.4) is 0 Å². The first kappa shape index (κ1) is 14.9. The Bertz CT molecular complexity index is 218. The maximum absolute atomic E-state index is 5.59. The average Bonchev–Trinajstić information content (AvgIpc) is 2.74. The van der Waals surface area contributed by atoms with Crippen LogP contribution < -0.4 is 5.32 Å². The Kier molecular flexibility index (Phi) is 5.90. The van der Waals surface area contributed by atoms with Gasteiger partial charge in [-0.15, -0.1) is 0 Å². The minimum absolute atomic E-state index is 0.0996. The predicted octanol–water partition coefficient (Wildman–Crippen LogP) is 2.12. The summed E-state index contributed by atoms with van der Waals surface area (Å²) in [5.41, 5.74) is -0.0996. The third-order valence-corrected chi connectivity index (χ3v) is 4.22. The first-order chi connectivity index (χ1) is 8.03. The first-order valence-corrected chi connectivity index (χ1v) is 6.98. The molecule has 0 aliphatic carbocycles. The predicted molar refractivity (Wildman–Crippen MR) is 73.4 cm³/mol. The molecule has 17 heavy (non-hydrogen) atoms. The van der Waals surface area contributed by atoms with Crippen LogP contribution in [0.4, 0.5) is 0 Å². The van der Waals surface area contributed by atoms with E-state index in [9.17, 15) is 0 Å². The maximum atomic E-state index is 5.59. The second kappa shape index (κ2) is 6.72. The van der Waals surface area contributed by atoms with Crippen molar-refractivity contribution in [1.29, 1.82) is 0 Å². The van der Waals surface area contributed by atoms with Crippen molar-refractivity contribution in [2.45, 2.75) is 51.7 Å². The van der Waals surface area contributed by atoms with E-state index >= 15 is 0 Å². The van der Waals surface area contributed by atoms with Crippen molar-refractivity contribution in [3.8, 4) is 0 Å². The highest BCUT2D eigenvalue weighted by molar-refractivity contribution is 4.89. The minimum Gasteiger partial charge on any atom is -0.377 e. The average molecular weight is 242 g/mol. The van der Waals surface area contributed by atoms with Gasteiger partial charge in [-0.25, -0.2) is 0 Å². The van der Waals surface area contributed by atoms with Gasteiger partial charge in [-0.3, -0.25) is 0 Å². The SMILES string of the molecule is CCCC1CCN(CC(NC)C(C)(C)OC)C1. The Hall–Kier alpha value is -0.120. The highest BCUT2D eigenvalue weighted by Crippen LogP contribution is 2.23. The molecule has 0 aromatic carbocycles. The van der Waals surface area contributed by atoms with Crippen molar-refractivity contribution in [2.75, 3.05) is 33.8 Å². The molecule has 1 N–H and O–H groups in total. The van der Waals surface area contributed by atoms with Gasteiger partial charge in [-0.05, 0) is 46.2 Å². The topological polar surface area (TPSA) is 24.5 Å². The number of hydrogen-bond donors (Lipinski definition) is 1. The van der Waals surface area contributed by atoms with Gasteiger partial charge in [0.25, 0.3) is 0 Å². The summed E-state index contributed by atoms with van der Waals surface area (Å²) in [6, 6.07) is 0.396. The largest absolute Gasteiger partial charge is 0.377 e. The van der Waals surface area contributed by atoms with E-state index in [0.717, 1.165) is 12.5 Å².